The van der Waals surface area contributed by atoms with E-state index < -0.39 is 0 Å². The lowest BCUT2D eigenvalue weighted by atomic mass is 9.91. The minimum absolute atomic E-state index is 0.109. The Balaban J connectivity index is 2.61. The number of Topliss-reactive ketones (excluding diaryl/α,β-unsaturated/α-hetero) is 1. The summed E-state index contributed by atoms with van der Waals surface area (Å²) in [7, 11) is 0. The van der Waals surface area contributed by atoms with Gasteiger partial charge in [-0.25, -0.2) is 0 Å². The molecule has 1 aliphatic heterocycles. The van der Waals surface area contributed by atoms with E-state index in [1.54, 1.807) is 0 Å². The van der Waals surface area contributed by atoms with Crippen molar-refractivity contribution in [3.05, 3.63) is 0 Å². The Kier molecular flexibility index (Phi) is 4.29. The number of ketones is 1. The Labute approximate surface area is 92.6 Å². The predicted molar refractivity (Wildman–Crippen MR) is 60.9 cm³/mol. The second-order valence-corrected chi connectivity index (χ2v) is 5.07. The summed E-state index contributed by atoms with van der Waals surface area (Å²) in [4.78, 5) is 11.8. The van der Waals surface area contributed by atoms with Crippen LogP contribution in [0.3, 0.4) is 0 Å². The molecule has 1 N–H and O–H groups in total. The highest BCUT2D eigenvalue weighted by Crippen LogP contribution is 2.27. The molecule has 0 radical (unpaired) electrons. The first-order valence-corrected chi connectivity index (χ1v) is 5.86. The number of hydrogen-bond donors (Lipinski definition) is 1. The summed E-state index contributed by atoms with van der Waals surface area (Å²) in [6.07, 6.45) is 1.68. The van der Waals surface area contributed by atoms with Crippen LogP contribution < -0.4 is 5.32 Å². The van der Waals surface area contributed by atoms with Crippen molar-refractivity contribution in [2.45, 2.75) is 52.2 Å². The van der Waals surface area contributed by atoms with Crippen molar-refractivity contribution in [1.29, 1.82) is 0 Å². The molecule has 15 heavy (non-hydrogen) atoms. The lowest BCUT2D eigenvalue weighted by Crippen LogP contribution is -2.40. The summed E-state index contributed by atoms with van der Waals surface area (Å²) in [6.45, 7) is 9.73. The van der Waals surface area contributed by atoms with E-state index >= 15 is 0 Å². The molecular formula is C12H23NO2. The Morgan fingerprint density at radius 2 is 2.07 bits per heavy atom. The third-order valence-electron chi connectivity index (χ3n) is 2.83. The summed E-state index contributed by atoms with van der Waals surface area (Å²) >= 11 is 0. The van der Waals surface area contributed by atoms with E-state index in [4.69, 9.17) is 4.74 Å². The van der Waals surface area contributed by atoms with Crippen molar-refractivity contribution in [2.75, 3.05) is 13.1 Å². The van der Waals surface area contributed by atoms with E-state index in [0.717, 1.165) is 19.5 Å². The number of carbonyl (C=O) groups excluding carboxylic acids is 1. The summed E-state index contributed by atoms with van der Waals surface area (Å²) < 4.78 is 5.94. The molecule has 88 valence electrons. The van der Waals surface area contributed by atoms with E-state index in [1.807, 2.05) is 27.7 Å². The van der Waals surface area contributed by atoms with Gasteiger partial charge in [-0.2, -0.15) is 0 Å². The molecule has 1 fully saturated rings. The fourth-order valence-electron chi connectivity index (χ4n) is 2.04. The number of rotatable bonds is 5. The molecule has 0 aromatic heterocycles. The van der Waals surface area contributed by atoms with Gasteiger partial charge in [0, 0.05) is 18.9 Å². The molecule has 0 spiro atoms. The topological polar surface area (TPSA) is 38.3 Å². The second kappa shape index (κ2) is 5.08. The van der Waals surface area contributed by atoms with Gasteiger partial charge in [-0.3, -0.25) is 4.79 Å². The number of carbonyl (C=O) groups is 1. The molecule has 3 heteroatoms. The van der Waals surface area contributed by atoms with Crippen molar-refractivity contribution < 1.29 is 9.53 Å². The normalized spacial score (nSPS) is 26.5. The minimum atomic E-state index is -0.241. The highest BCUT2D eigenvalue weighted by molar-refractivity contribution is 5.81. The van der Waals surface area contributed by atoms with Crippen LogP contribution in [0.25, 0.3) is 0 Å². The van der Waals surface area contributed by atoms with Crippen molar-refractivity contribution >= 4 is 5.78 Å². The third kappa shape index (κ3) is 3.58. The number of ether oxygens (including phenoxy) is 1. The van der Waals surface area contributed by atoms with Crippen LogP contribution in [0, 0.1) is 5.92 Å². The number of hydrogen-bond acceptors (Lipinski definition) is 3. The molecule has 0 saturated carbocycles. The van der Waals surface area contributed by atoms with Gasteiger partial charge in [0.05, 0.1) is 11.7 Å². The first-order valence-electron chi connectivity index (χ1n) is 5.86. The van der Waals surface area contributed by atoms with Crippen LogP contribution >= 0.6 is 0 Å². The van der Waals surface area contributed by atoms with Crippen LogP contribution in [0.1, 0.15) is 40.5 Å². The monoisotopic (exact) mass is 213 g/mol. The van der Waals surface area contributed by atoms with Gasteiger partial charge in [0.25, 0.3) is 0 Å². The largest absolute Gasteiger partial charge is 0.371 e. The first-order chi connectivity index (χ1) is 6.95. The van der Waals surface area contributed by atoms with Crippen LogP contribution in [0.4, 0.5) is 0 Å². The Bertz CT molecular complexity index is 218. The van der Waals surface area contributed by atoms with Crippen molar-refractivity contribution in [2.24, 2.45) is 5.92 Å². The van der Waals surface area contributed by atoms with Gasteiger partial charge >= 0.3 is 0 Å². The molecule has 0 aromatic rings. The Morgan fingerprint density at radius 1 is 1.40 bits per heavy atom. The maximum atomic E-state index is 11.8. The smallest absolute Gasteiger partial charge is 0.138 e. The average molecular weight is 213 g/mol. The minimum Gasteiger partial charge on any atom is -0.371 e. The van der Waals surface area contributed by atoms with Crippen molar-refractivity contribution in [1.82, 2.24) is 5.32 Å². The first kappa shape index (κ1) is 12.7. The lowest BCUT2D eigenvalue weighted by Gasteiger charge is -2.30. The fourth-order valence-corrected chi connectivity index (χ4v) is 2.04. The quantitative estimate of drug-likeness (QED) is 0.756. The summed E-state index contributed by atoms with van der Waals surface area (Å²) in [5.74, 6) is 0.414. The molecule has 0 aliphatic carbocycles. The highest BCUT2D eigenvalue weighted by atomic mass is 16.5. The maximum Gasteiger partial charge on any atom is 0.138 e. The molecule has 1 heterocycles. The zero-order chi connectivity index (χ0) is 11.5. The Hall–Kier alpha value is -0.410. The van der Waals surface area contributed by atoms with Gasteiger partial charge in [-0.15, -0.1) is 0 Å². The van der Waals surface area contributed by atoms with E-state index in [1.165, 1.54) is 0 Å². The third-order valence-corrected chi connectivity index (χ3v) is 2.83. The van der Waals surface area contributed by atoms with Crippen LogP contribution in [-0.2, 0) is 9.53 Å². The predicted octanol–water partition coefficient (Wildman–Crippen LogP) is 1.76. The summed E-state index contributed by atoms with van der Waals surface area (Å²) in [5.41, 5.74) is -0.241. The van der Waals surface area contributed by atoms with E-state index in [0.29, 0.717) is 12.2 Å². The van der Waals surface area contributed by atoms with E-state index in [2.05, 4.69) is 5.32 Å². The fraction of sp³-hybridized carbons (Fsp3) is 0.917. The highest BCUT2D eigenvalue weighted by Gasteiger charge is 2.38. The van der Waals surface area contributed by atoms with Gasteiger partial charge in [-0.1, -0.05) is 13.8 Å². The van der Waals surface area contributed by atoms with Gasteiger partial charge in [0.15, 0.2) is 0 Å². The van der Waals surface area contributed by atoms with Crippen molar-refractivity contribution in [3.8, 4) is 0 Å². The average Bonchev–Trinajstić information content (AvgIpc) is 2.51. The van der Waals surface area contributed by atoms with Crippen LogP contribution in [-0.4, -0.2) is 30.6 Å². The molecule has 1 aliphatic rings. The summed E-state index contributed by atoms with van der Waals surface area (Å²) in [6, 6.07) is 0. The maximum absolute atomic E-state index is 11.8. The van der Waals surface area contributed by atoms with Gasteiger partial charge in [-0.05, 0) is 26.8 Å². The molecule has 1 atom stereocenters. The van der Waals surface area contributed by atoms with Crippen LogP contribution in [0.2, 0.25) is 0 Å². The van der Waals surface area contributed by atoms with Crippen LogP contribution in [0.5, 0.6) is 0 Å². The Morgan fingerprint density at radius 3 is 2.47 bits per heavy atom. The summed E-state index contributed by atoms with van der Waals surface area (Å²) in [5, 5.41) is 3.29. The zero-order valence-electron chi connectivity index (χ0n) is 10.3. The van der Waals surface area contributed by atoms with Gasteiger partial charge in [0.1, 0.15) is 5.78 Å². The molecule has 1 unspecified atom stereocenters. The molecule has 1 saturated heterocycles. The molecular weight excluding hydrogens is 190 g/mol. The SMILES string of the molecule is CC(C)OC1(CC(=O)C(C)C)CCNC1. The van der Waals surface area contributed by atoms with E-state index in [9.17, 15) is 4.79 Å². The molecule has 0 amide bonds. The molecule has 3 nitrogen and oxygen atoms in total. The standard InChI is InChI=1S/C12H23NO2/c1-9(2)11(14)7-12(15-10(3)4)5-6-13-8-12/h9-10,13H,5-8H2,1-4H3. The molecule has 0 bridgehead atoms. The number of nitrogens with one attached hydrogen (secondary N) is 1. The second-order valence-electron chi connectivity index (χ2n) is 5.07. The lowest BCUT2D eigenvalue weighted by molar-refractivity contribution is -0.132. The van der Waals surface area contributed by atoms with Crippen LogP contribution in [0.15, 0.2) is 0 Å². The zero-order valence-corrected chi connectivity index (χ0v) is 10.3. The van der Waals surface area contributed by atoms with Crippen molar-refractivity contribution in [3.63, 3.8) is 0 Å². The molecule has 0 aromatic carbocycles. The van der Waals surface area contributed by atoms with E-state index in [-0.39, 0.29) is 17.6 Å². The van der Waals surface area contributed by atoms with Gasteiger partial charge in [0.2, 0.25) is 0 Å². The van der Waals surface area contributed by atoms with Gasteiger partial charge < -0.3 is 10.1 Å². The molecule has 1 rings (SSSR count).